The summed E-state index contributed by atoms with van der Waals surface area (Å²) in [7, 11) is 1.61. The van der Waals surface area contributed by atoms with Gasteiger partial charge in [0.1, 0.15) is 18.5 Å². The van der Waals surface area contributed by atoms with Gasteiger partial charge in [0.2, 0.25) is 0 Å². The highest BCUT2D eigenvalue weighted by Crippen LogP contribution is 2.13. The Hall–Kier alpha value is -1.59. The number of hydrogen-bond donors (Lipinski definition) is 2. The first-order valence-corrected chi connectivity index (χ1v) is 4.92. The lowest BCUT2D eigenvalue weighted by Crippen LogP contribution is -2.20. The number of methoxy groups -OCH3 is 1. The monoisotopic (exact) mass is 224 g/mol. The molecule has 0 saturated carbocycles. The third-order valence-electron chi connectivity index (χ3n) is 1.91. The number of benzene rings is 1. The van der Waals surface area contributed by atoms with Gasteiger partial charge in [0.25, 0.3) is 0 Å². The second-order valence-corrected chi connectivity index (χ2v) is 3.18. The van der Waals surface area contributed by atoms with Crippen molar-refractivity contribution >= 4 is 6.21 Å². The van der Waals surface area contributed by atoms with Gasteiger partial charge in [-0.2, -0.15) is 0 Å². The average molecular weight is 224 g/mol. The zero-order valence-electron chi connectivity index (χ0n) is 9.17. The van der Waals surface area contributed by atoms with Crippen molar-refractivity contribution in [1.29, 1.82) is 0 Å². The summed E-state index contributed by atoms with van der Waals surface area (Å²) in [5.74, 6) is 0.770. The molecule has 1 aromatic carbocycles. The molecule has 0 radical (unpaired) electrons. The smallest absolute Gasteiger partial charge is 0.142 e. The van der Waals surface area contributed by atoms with Gasteiger partial charge in [-0.15, -0.1) is 0 Å². The van der Waals surface area contributed by atoms with Crippen molar-refractivity contribution < 1.29 is 14.7 Å². The Morgan fingerprint density at radius 1 is 1.56 bits per heavy atom. The van der Waals surface area contributed by atoms with E-state index >= 15 is 0 Å². The molecular weight excluding hydrogens is 208 g/mol. The summed E-state index contributed by atoms with van der Waals surface area (Å²) in [5, 5.41) is 12.7. The van der Waals surface area contributed by atoms with Crippen molar-refractivity contribution in [3.8, 4) is 5.75 Å². The molecule has 0 fully saturated rings. The number of aliphatic hydroxyl groups excluding tert-OH is 1. The highest BCUT2D eigenvalue weighted by atomic mass is 16.6. The molecule has 0 saturated heterocycles. The molecule has 1 rings (SSSR count). The second kappa shape index (κ2) is 6.81. The zero-order valence-corrected chi connectivity index (χ0v) is 9.17. The van der Waals surface area contributed by atoms with Gasteiger partial charge in [0.05, 0.1) is 13.3 Å². The van der Waals surface area contributed by atoms with E-state index < -0.39 is 6.10 Å². The molecule has 0 aliphatic carbocycles. The van der Waals surface area contributed by atoms with E-state index in [1.807, 2.05) is 24.3 Å². The van der Waals surface area contributed by atoms with Gasteiger partial charge < -0.3 is 20.4 Å². The van der Waals surface area contributed by atoms with E-state index in [0.29, 0.717) is 6.61 Å². The average Bonchev–Trinajstić information content (AvgIpc) is 2.34. The van der Waals surface area contributed by atoms with Crippen LogP contribution in [-0.2, 0) is 11.4 Å². The van der Waals surface area contributed by atoms with Crippen LogP contribution in [0, 0.1) is 0 Å². The predicted molar refractivity (Wildman–Crippen MR) is 61.3 cm³/mol. The van der Waals surface area contributed by atoms with Crippen molar-refractivity contribution in [3.05, 3.63) is 29.8 Å². The van der Waals surface area contributed by atoms with Gasteiger partial charge in [-0.3, -0.25) is 0 Å². The SMILES string of the molecule is COc1cccc(CO/N=C/C(O)CN)c1. The van der Waals surface area contributed by atoms with E-state index in [4.69, 9.17) is 20.4 Å². The van der Waals surface area contributed by atoms with Crippen LogP contribution in [0.5, 0.6) is 5.75 Å². The Bertz CT molecular complexity index is 342. The molecule has 0 aliphatic heterocycles. The summed E-state index contributed by atoms with van der Waals surface area (Å²) in [5.41, 5.74) is 6.13. The van der Waals surface area contributed by atoms with Crippen LogP contribution in [0.1, 0.15) is 5.56 Å². The summed E-state index contributed by atoms with van der Waals surface area (Å²) in [6.45, 7) is 0.455. The number of oxime groups is 1. The minimum absolute atomic E-state index is 0.131. The number of hydrogen-bond acceptors (Lipinski definition) is 5. The minimum atomic E-state index is -0.759. The van der Waals surface area contributed by atoms with Gasteiger partial charge in [-0.05, 0) is 17.7 Å². The van der Waals surface area contributed by atoms with Gasteiger partial charge in [0, 0.05) is 6.54 Å². The molecule has 0 spiro atoms. The first-order valence-electron chi connectivity index (χ1n) is 4.92. The molecule has 16 heavy (non-hydrogen) atoms. The van der Waals surface area contributed by atoms with E-state index in [1.165, 1.54) is 6.21 Å². The van der Waals surface area contributed by atoms with E-state index in [0.717, 1.165) is 11.3 Å². The maximum Gasteiger partial charge on any atom is 0.142 e. The molecule has 3 N–H and O–H groups in total. The van der Waals surface area contributed by atoms with Crippen molar-refractivity contribution in [1.82, 2.24) is 0 Å². The molecule has 88 valence electrons. The Morgan fingerprint density at radius 2 is 2.38 bits per heavy atom. The molecule has 1 atom stereocenters. The van der Waals surface area contributed by atoms with E-state index in [2.05, 4.69) is 5.16 Å². The van der Waals surface area contributed by atoms with Gasteiger partial charge >= 0.3 is 0 Å². The van der Waals surface area contributed by atoms with Gasteiger partial charge in [-0.25, -0.2) is 0 Å². The Kier molecular flexibility index (Phi) is 5.31. The Labute approximate surface area is 94.5 Å². The van der Waals surface area contributed by atoms with Crippen LogP contribution in [0.3, 0.4) is 0 Å². The van der Waals surface area contributed by atoms with Crippen LogP contribution >= 0.6 is 0 Å². The van der Waals surface area contributed by atoms with Crippen LogP contribution in [-0.4, -0.2) is 31.1 Å². The van der Waals surface area contributed by atoms with Gasteiger partial charge in [0.15, 0.2) is 0 Å². The summed E-state index contributed by atoms with van der Waals surface area (Å²) in [6, 6.07) is 7.48. The van der Waals surface area contributed by atoms with Crippen molar-refractivity contribution in [2.24, 2.45) is 10.9 Å². The largest absolute Gasteiger partial charge is 0.497 e. The summed E-state index contributed by atoms with van der Waals surface area (Å²) < 4.78 is 5.07. The quantitative estimate of drug-likeness (QED) is 0.545. The molecule has 0 heterocycles. The first kappa shape index (κ1) is 12.5. The summed E-state index contributed by atoms with van der Waals surface area (Å²) in [4.78, 5) is 4.99. The number of nitrogens with two attached hydrogens (primary N) is 1. The molecule has 1 aromatic rings. The molecular formula is C11H16N2O3. The number of ether oxygens (including phenoxy) is 1. The second-order valence-electron chi connectivity index (χ2n) is 3.18. The fraction of sp³-hybridized carbons (Fsp3) is 0.364. The minimum Gasteiger partial charge on any atom is -0.497 e. The highest BCUT2D eigenvalue weighted by molar-refractivity contribution is 5.62. The first-order chi connectivity index (χ1) is 7.76. The van der Waals surface area contributed by atoms with Crippen molar-refractivity contribution in [3.63, 3.8) is 0 Å². The Morgan fingerprint density at radius 3 is 3.06 bits per heavy atom. The van der Waals surface area contributed by atoms with Crippen molar-refractivity contribution in [2.45, 2.75) is 12.7 Å². The number of aliphatic hydroxyl groups is 1. The third-order valence-corrected chi connectivity index (χ3v) is 1.91. The normalized spacial score (nSPS) is 12.7. The highest BCUT2D eigenvalue weighted by Gasteiger charge is 1.97. The van der Waals surface area contributed by atoms with Crippen molar-refractivity contribution in [2.75, 3.05) is 13.7 Å². The zero-order chi connectivity index (χ0) is 11.8. The molecule has 0 amide bonds. The molecule has 1 unspecified atom stereocenters. The van der Waals surface area contributed by atoms with Crippen LogP contribution in [0.25, 0.3) is 0 Å². The van der Waals surface area contributed by atoms with Crippen LogP contribution in [0.4, 0.5) is 0 Å². The number of rotatable bonds is 6. The van der Waals surface area contributed by atoms with Crippen LogP contribution < -0.4 is 10.5 Å². The molecule has 0 aliphatic rings. The molecule has 0 bridgehead atoms. The maximum atomic E-state index is 9.06. The number of nitrogens with zero attached hydrogens (tertiary/aromatic N) is 1. The summed E-state index contributed by atoms with van der Waals surface area (Å²) in [6.07, 6.45) is 0.505. The fourth-order valence-corrected chi connectivity index (χ4v) is 1.05. The topological polar surface area (TPSA) is 77.1 Å². The molecule has 5 nitrogen and oxygen atoms in total. The lowest BCUT2D eigenvalue weighted by atomic mass is 10.2. The lowest BCUT2D eigenvalue weighted by molar-refractivity contribution is 0.127. The molecule has 5 heteroatoms. The fourth-order valence-electron chi connectivity index (χ4n) is 1.05. The van der Waals surface area contributed by atoms with E-state index in [-0.39, 0.29) is 6.54 Å². The van der Waals surface area contributed by atoms with E-state index in [9.17, 15) is 0 Å². The van der Waals surface area contributed by atoms with Crippen LogP contribution in [0.15, 0.2) is 29.4 Å². The third kappa shape index (κ3) is 4.29. The van der Waals surface area contributed by atoms with Crippen LogP contribution in [0.2, 0.25) is 0 Å². The summed E-state index contributed by atoms with van der Waals surface area (Å²) >= 11 is 0. The predicted octanol–water partition coefficient (Wildman–Crippen LogP) is 0.517. The van der Waals surface area contributed by atoms with Gasteiger partial charge in [-0.1, -0.05) is 17.3 Å². The Balaban J connectivity index is 2.39. The maximum absolute atomic E-state index is 9.06. The lowest BCUT2D eigenvalue weighted by Gasteiger charge is -2.03. The van der Waals surface area contributed by atoms with E-state index in [1.54, 1.807) is 7.11 Å². The standard InChI is InChI=1S/C11H16N2O3/c1-15-11-4-2-3-9(5-11)8-16-13-7-10(14)6-12/h2-5,7,10,14H,6,8,12H2,1H3/b13-7+. The molecule has 0 aromatic heterocycles.